The smallest absolute Gasteiger partial charge is 0.384 e. The number of aromatic hydroxyl groups is 1. The van der Waals surface area contributed by atoms with Crippen molar-refractivity contribution in [3.63, 3.8) is 0 Å². The van der Waals surface area contributed by atoms with Gasteiger partial charge in [-0.25, -0.2) is 14.4 Å². The number of carboxylic acids is 1. The number of aliphatic hydroxyl groups is 3. The molecule has 8 atom stereocenters. The Kier molecular flexibility index (Phi) is 8.37. The number of aldehydes is 1. The molecule has 2 aliphatic heterocycles. The van der Waals surface area contributed by atoms with Crippen molar-refractivity contribution in [1.29, 1.82) is 0 Å². The van der Waals surface area contributed by atoms with Crippen LogP contribution in [0.5, 0.6) is 11.5 Å². The SMILES string of the molecule is CN1CC[C@]23c4c5ccc(O)c4O[C@H]2C(O[C@@](O)(C(=O)O[C@H](C(=O)O[C@H](C(=O)O)c2ccccc2)c2ccccc2)[C@H](O)C=O)=CC[C@@]3(O)[C@H]1C5. The van der Waals surface area contributed by atoms with Crippen LogP contribution in [0.1, 0.15) is 47.3 Å². The largest absolute Gasteiger partial charge is 0.504 e. The second-order valence-electron chi connectivity index (χ2n) is 13.2. The zero-order valence-electron chi connectivity index (χ0n) is 27.2. The molecular formula is C37H35NO13. The number of rotatable bonds is 11. The van der Waals surface area contributed by atoms with Crippen molar-refractivity contribution in [3.8, 4) is 11.5 Å². The number of likely N-dealkylation sites (N-methyl/N-ethyl adjacent to an activating group) is 1. The Hall–Kier alpha value is -5.28. The maximum atomic E-state index is 13.9. The van der Waals surface area contributed by atoms with Gasteiger partial charge < -0.3 is 54.2 Å². The quantitative estimate of drug-likeness (QED) is 0.109. The molecule has 51 heavy (non-hydrogen) atoms. The van der Waals surface area contributed by atoms with E-state index in [0.29, 0.717) is 24.9 Å². The van der Waals surface area contributed by atoms with Crippen LogP contribution in [0.3, 0.4) is 0 Å². The van der Waals surface area contributed by atoms with E-state index in [9.17, 15) is 44.7 Å². The van der Waals surface area contributed by atoms with Gasteiger partial charge >= 0.3 is 23.7 Å². The normalized spacial score (nSPS) is 27.3. The van der Waals surface area contributed by atoms with Crippen molar-refractivity contribution in [3.05, 3.63) is 107 Å². The molecule has 5 N–H and O–H groups in total. The number of piperidine rings is 1. The summed E-state index contributed by atoms with van der Waals surface area (Å²) in [5.74, 6) is -8.45. The molecule has 2 heterocycles. The lowest BCUT2D eigenvalue weighted by atomic mass is 9.50. The number of nitrogens with zero attached hydrogens (tertiary/aromatic N) is 1. The lowest BCUT2D eigenvalue weighted by molar-refractivity contribution is -0.255. The molecule has 1 spiro atoms. The Morgan fingerprint density at radius 2 is 1.65 bits per heavy atom. The fraction of sp³-hybridized carbons (Fsp3) is 0.351. The summed E-state index contributed by atoms with van der Waals surface area (Å²) < 4.78 is 22.9. The number of hydrogen-bond acceptors (Lipinski definition) is 13. The Morgan fingerprint density at radius 3 is 2.27 bits per heavy atom. The highest BCUT2D eigenvalue weighted by Crippen LogP contribution is 2.65. The third-order valence-corrected chi connectivity index (χ3v) is 10.6. The van der Waals surface area contributed by atoms with Crippen molar-refractivity contribution < 1.29 is 63.7 Å². The van der Waals surface area contributed by atoms with Gasteiger partial charge in [-0.05, 0) is 44.1 Å². The average molecular weight is 702 g/mol. The van der Waals surface area contributed by atoms with Crippen LogP contribution in [-0.2, 0) is 45.2 Å². The molecule has 1 fully saturated rings. The molecule has 2 aliphatic carbocycles. The minimum atomic E-state index is -3.48. The molecule has 0 saturated carbocycles. The summed E-state index contributed by atoms with van der Waals surface area (Å²) in [5, 5.41) is 55.6. The number of aliphatic hydroxyl groups excluding tert-OH is 1. The van der Waals surface area contributed by atoms with Crippen LogP contribution >= 0.6 is 0 Å². The summed E-state index contributed by atoms with van der Waals surface area (Å²) in [4.78, 5) is 53.7. The number of esters is 2. The highest BCUT2D eigenvalue weighted by molar-refractivity contribution is 5.88. The van der Waals surface area contributed by atoms with Crippen LogP contribution in [-0.4, -0.2) is 97.9 Å². The van der Waals surface area contributed by atoms with E-state index >= 15 is 0 Å². The molecule has 4 aliphatic rings. The molecule has 1 saturated heterocycles. The van der Waals surface area contributed by atoms with Gasteiger partial charge in [0.05, 0.1) is 11.0 Å². The maximum Gasteiger partial charge on any atom is 0.384 e. The van der Waals surface area contributed by atoms with Gasteiger partial charge in [0.2, 0.25) is 12.2 Å². The monoisotopic (exact) mass is 701 g/mol. The topological polar surface area (TPSA) is 210 Å². The summed E-state index contributed by atoms with van der Waals surface area (Å²) in [6.07, 6.45) is -5.65. The van der Waals surface area contributed by atoms with Crippen molar-refractivity contribution >= 4 is 24.2 Å². The number of carbonyl (C=O) groups is 4. The van der Waals surface area contributed by atoms with E-state index in [-0.39, 0.29) is 47.1 Å². The van der Waals surface area contributed by atoms with Crippen LogP contribution < -0.4 is 4.74 Å². The van der Waals surface area contributed by atoms with E-state index in [1.54, 1.807) is 30.3 Å². The minimum Gasteiger partial charge on any atom is -0.504 e. The van der Waals surface area contributed by atoms with Crippen molar-refractivity contribution in [2.24, 2.45) is 0 Å². The fourth-order valence-electron chi connectivity index (χ4n) is 8.07. The molecule has 0 radical (unpaired) electrons. The third-order valence-electron chi connectivity index (χ3n) is 10.6. The van der Waals surface area contributed by atoms with E-state index < -0.39 is 59.1 Å². The molecule has 3 aromatic rings. The Bertz CT molecular complexity index is 1920. The van der Waals surface area contributed by atoms with E-state index in [2.05, 4.69) is 0 Å². The van der Waals surface area contributed by atoms with Crippen molar-refractivity contribution in [1.82, 2.24) is 4.90 Å². The molecule has 266 valence electrons. The number of phenols is 1. The Morgan fingerprint density at radius 1 is 1.00 bits per heavy atom. The highest BCUT2D eigenvalue weighted by atomic mass is 16.7. The Labute approximate surface area is 291 Å². The van der Waals surface area contributed by atoms with Crippen molar-refractivity contribution in [2.45, 2.75) is 66.5 Å². The number of hydrogen-bond donors (Lipinski definition) is 5. The lowest BCUT2D eigenvalue weighted by Gasteiger charge is -2.61. The van der Waals surface area contributed by atoms with Gasteiger partial charge in [0, 0.05) is 29.2 Å². The first-order valence-corrected chi connectivity index (χ1v) is 16.3. The van der Waals surface area contributed by atoms with Gasteiger partial charge in [-0.1, -0.05) is 66.7 Å². The van der Waals surface area contributed by atoms with E-state index in [0.717, 1.165) is 5.56 Å². The Balaban J connectivity index is 1.23. The summed E-state index contributed by atoms with van der Waals surface area (Å²) in [6.45, 7) is 0.513. The second-order valence-corrected chi connectivity index (χ2v) is 13.2. The first-order valence-electron chi connectivity index (χ1n) is 16.3. The lowest BCUT2D eigenvalue weighted by Crippen LogP contribution is -2.74. The van der Waals surface area contributed by atoms with Gasteiger partial charge in [0.15, 0.2) is 30.0 Å². The summed E-state index contributed by atoms with van der Waals surface area (Å²) in [6, 6.07) is 17.8. The molecule has 7 rings (SSSR count). The molecule has 3 aromatic carbocycles. The number of aliphatic carboxylic acids is 1. The van der Waals surface area contributed by atoms with E-state index in [1.165, 1.54) is 48.5 Å². The number of benzene rings is 3. The molecule has 0 aromatic heterocycles. The number of phenolic OH excluding ortho intramolecular Hbond substituents is 1. The first-order chi connectivity index (χ1) is 24.4. The third kappa shape index (κ3) is 5.16. The summed E-state index contributed by atoms with van der Waals surface area (Å²) >= 11 is 0. The highest BCUT2D eigenvalue weighted by Gasteiger charge is 2.72. The number of ether oxygens (including phenoxy) is 4. The second kappa shape index (κ2) is 12.5. The zero-order valence-corrected chi connectivity index (χ0v) is 27.2. The van der Waals surface area contributed by atoms with E-state index in [4.69, 9.17) is 18.9 Å². The molecular weight excluding hydrogens is 666 g/mol. The van der Waals surface area contributed by atoms with Gasteiger partial charge in [-0.3, -0.25) is 0 Å². The van der Waals surface area contributed by atoms with Crippen LogP contribution in [0.2, 0.25) is 0 Å². The van der Waals surface area contributed by atoms with Crippen LogP contribution in [0.25, 0.3) is 0 Å². The number of carbonyl (C=O) groups excluding carboxylic acids is 3. The predicted octanol–water partition coefficient (Wildman–Crippen LogP) is 1.59. The fourth-order valence-corrected chi connectivity index (χ4v) is 8.07. The summed E-state index contributed by atoms with van der Waals surface area (Å²) in [5.41, 5.74) is -1.13. The van der Waals surface area contributed by atoms with Gasteiger partial charge in [-0.2, -0.15) is 0 Å². The standard InChI is InChI=1S/C37H35NO13/c1-38-17-16-35-27-22-12-13-23(40)30(27)48-31(35)24(14-15-36(35,46)25(38)18-22)51-37(47,26(41)19-39)34(45)50-29(21-10-6-3-7-11-21)33(44)49-28(32(42)43)20-8-4-2-5-9-20/h2-14,19,25-26,28-29,31,40-41,46-47H,15-18H2,1H3,(H,42,43)/t25-,26-,28+,29+,31+,35+,36-,37-/m1/s1. The molecule has 14 heteroatoms. The molecule has 0 amide bonds. The maximum absolute atomic E-state index is 13.9. The molecule has 0 unspecified atom stereocenters. The van der Waals surface area contributed by atoms with Crippen LogP contribution in [0.15, 0.2) is 84.6 Å². The zero-order chi connectivity index (χ0) is 36.3. The minimum absolute atomic E-state index is 0.00832. The molecule has 14 nitrogen and oxygen atoms in total. The van der Waals surface area contributed by atoms with Crippen molar-refractivity contribution in [2.75, 3.05) is 13.6 Å². The average Bonchev–Trinajstić information content (AvgIpc) is 3.49. The molecule has 2 bridgehead atoms. The van der Waals surface area contributed by atoms with Gasteiger partial charge in [0.25, 0.3) is 0 Å². The van der Waals surface area contributed by atoms with Crippen LogP contribution in [0.4, 0.5) is 0 Å². The first kappa shape index (κ1) is 34.2. The summed E-state index contributed by atoms with van der Waals surface area (Å²) in [7, 11) is 1.89. The van der Waals surface area contributed by atoms with Crippen LogP contribution in [0, 0.1) is 0 Å². The van der Waals surface area contributed by atoms with E-state index in [1.807, 2.05) is 11.9 Å². The number of carboxylic acid groups (broad SMARTS) is 1. The predicted molar refractivity (Wildman–Crippen MR) is 173 cm³/mol. The van der Waals surface area contributed by atoms with Gasteiger partial charge in [-0.15, -0.1) is 0 Å². The van der Waals surface area contributed by atoms with Gasteiger partial charge in [0.1, 0.15) is 5.76 Å². The number of likely N-dealkylation sites (tertiary alicyclic amines) is 1.